The van der Waals surface area contributed by atoms with E-state index in [0.29, 0.717) is 0 Å². The molecule has 2 rings (SSSR count). The second-order valence-corrected chi connectivity index (χ2v) is 3.67. The number of rotatable bonds is 3. The molecule has 0 bridgehead atoms. The number of aliphatic hydroxyl groups is 1. The molecule has 0 fully saturated rings. The zero-order valence-corrected chi connectivity index (χ0v) is 9.14. The van der Waals surface area contributed by atoms with E-state index in [1.54, 1.807) is 12.1 Å². The lowest BCUT2D eigenvalue weighted by Crippen LogP contribution is -2.32. The number of benzene rings is 1. The predicted octanol–water partition coefficient (Wildman–Crippen LogP) is 0.353. The lowest BCUT2D eigenvalue weighted by molar-refractivity contribution is -0.137. The highest BCUT2D eigenvalue weighted by Gasteiger charge is 2.33. The molecule has 1 aliphatic rings. The van der Waals surface area contributed by atoms with Crippen LogP contribution in [-0.4, -0.2) is 34.4 Å². The fourth-order valence-electron chi connectivity index (χ4n) is 1.72. The van der Waals surface area contributed by atoms with Crippen molar-refractivity contribution in [2.45, 2.75) is 0 Å². The Morgan fingerprint density at radius 1 is 1.17 bits per heavy atom. The largest absolute Gasteiger partial charge is 0.506 e. The number of hydrogen-bond acceptors (Lipinski definition) is 4. The van der Waals surface area contributed by atoms with Crippen molar-refractivity contribution in [3.8, 4) is 0 Å². The SMILES string of the molecule is O=C(O)CNC(=O)C1=C(O)c2ccccc2C1=O. The maximum Gasteiger partial charge on any atom is 0.322 e. The molecule has 6 heteroatoms. The number of amides is 1. The monoisotopic (exact) mass is 247 g/mol. The van der Waals surface area contributed by atoms with Crippen molar-refractivity contribution in [3.05, 3.63) is 41.0 Å². The molecule has 0 atom stereocenters. The van der Waals surface area contributed by atoms with Gasteiger partial charge in [-0.25, -0.2) is 0 Å². The van der Waals surface area contributed by atoms with Gasteiger partial charge in [0.05, 0.1) is 0 Å². The van der Waals surface area contributed by atoms with E-state index in [0.717, 1.165) is 0 Å². The first-order chi connectivity index (χ1) is 8.52. The van der Waals surface area contributed by atoms with Crippen LogP contribution in [0.5, 0.6) is 0 Å². The van der Waals surface area contributed by atoms with Gasteiger partial charge in [0.15, 0.2) is 0 Å². The Kier molecular flexibility index (Phi) is 2.85. The number of carboxylic acids is 1. The van der Waals surface area contributed by atoms with E-state index in [9.17, 15) is 19.5 Å². The Labute approximate surface area is 102 Å². The van der Waals surface area contributed by atoms with Gasteiger partial charge in [-0.05, 0) is 0 Å². The molecule has 1 aromatic carbocycles. The molecule has 0 saturated heterocycles. The maximum atomic E-state index is 11.9. The first-order valence-corrected chi connectivity index (χ1v) is 5.09. The number of carbonyl (C=O) groups is 3. The van der Waals surface area contributed by atoms with Crippen LogP contribution in [-0.2, 0) is 9.59 Å². The highest BCUT2D eigenvalue weighted by atomic mass is 16.4. The van der Waals surface area contributed by atoms with E-state index in [-0.39, 0.29) is 11.1 Å². The van der Waals surface area contributed by atoms with Crippen LogP contribution in [0.15, 0.2) is 29.8 Å². The van der Waals surface area contributed by atoms with Gasteiger partial charge in [0.25, 0.3) is 5.91 Å². The molecule has 0 spiro atoms. The molecule has 1 aliphatic carbocycles. The third-order valence-electron chi connectivity index (χ3n) is 2.52. The van der Waals surface area contributed by atoms with Crippen LogP contribution >= 0.6 is 0 Å². The van der Waals surface area contributed by atoms with Gasteiger partial charge < -0.3 is 15.5 Å². The van der Waals surface area contributed by atoms with Crippen LogP contribution in [0, 0.1) is 0 Å². The minimum absolute atomic E-state index is 0.232. The van der Waals surface area contributed by atoms with E-state index in [1.807, 2.05) is 5.32 Å². The first kappa shape index (κ1) is 11.8. The van der Waals surface area contributed by atoms with Gasteiger partial charge in [0.1, 0.15) is 17.9 Å². The Morgan fingerprint density at radius 3 is 2.33 bits per heavy atom. The molecule has 92 valence electrons. The summed E-state index contributed by atoms with van der Waals surface area (Å²) >= 11 is 0. The molecule has 18 heavy (non-hydrogen) atoms. The smallest absolute Gasteiger partial charge is 0.322 e. The molecule has 0 radical (unpaired) electrons. The summed E-state index contributed by atoms with van der Waals surface area (Å²) in [5.41, 5.74) is 0.0934. The second-order valence-electron chi connectivity index (χ2n) is 3.67. The van der Waals surface area contributed by atoms with Crippen molar-refractivity contribution in [2.75, 3.05) is 6.54 Å². The highest BCUT2D eigenvalue weighted by molar-refractivity contribution is 6.33. The zero-order valence-electron chi connectivity index (χ0n) is 9.14. The maximum absolute atomic E-state index is 11.9. The van der Waals surface area contributed by atoms with Crippen LogP contribution < -0.4 is 5.32 Å². The van der Waals surface area contributed by atoms with E-state index < -0.39 is 35.5 Å². The van der Waals surface area contributed by atoms with Crippen LogP contribution in [0.4, 0.5) is 0 Å². The first-order valence-electron chi connectivity index (χ1n) is 5.09. The summed E-state index contributed by atoms with van der Waals surface area (Å²) in [6, 6.07) is 6.24. The molecule has 0 aromatic heterocycles. The highest BCUT2D eigenvalue weighted by Crippen LogP contribution is 2.30. The minimum atomic E-state index is -1.23. The van der Waals surface area contributed by atoms with Crippen molar-refractivity contribution < 1.29 is 24.6 Å². The van der Waals surface area contributed by atoms with Gasteiger partial charge in [-0.15, -0.1) is 0 Å². The lowest BCUT2D eigenvalue weighted by Gasteiger charge is -2.02. The summed E-state index contributed by atoms with van der Waals surface area (Å²) in [6.45, 7) is -0.612. The topological polar surface area (TPSA) is 104 Å². The number of aliphatic carboxylic acids is 1. The summed E-state index contributed by atoms with van der Waals surface area (Å²) in [5, 5.41) is 20.3. The summed E-state index contributed by atoms with van der Waals surface area (Å²) in [4.78, 5) is 33.8. The summed E-state index contributed by atoms with van der Waals surface area (Å²) in [7, 11) is 0. The number of nitrogens with one attached hydrogen (secondary N) is 1. The van der Waals surface area contributed by atoms with Crippen molar-refractivity contribution in [1.82, 2.24) is 5.32 Å². The Hall–Kier alpha value is -2.63. The number of aliphatic hydroxyl groups excluding tert-OH is 1. The second kappa shape index (κ2) is 4.33. The molecule has 0 aliphatic heterocycles. The fourth-order valence-corrected chi connectivity index (χ4v) is 1.72. The van der Waals surface area contributed by atoms with Crippen molar-refractivity contribution in [2.24, 2.45) is 0 Å². The summed E-state index contributed by atoms with van der Waals surface area (Å²) in [6.07, 6.45) is 0. The van der Waals surface area contributed by atoms with E-state index >= 15 is 0 Å². The normalized spacial score (nSPS) is 13.4. The van der Waals surface area contributed by atoms with E-state index in [4.69, 9.17) is 5.11 Å². The number of ketones is 1. The molecule has 1 amide bonds. The van der Waals surface area contributed by atoms with Crippen molar-refractivity contribution in [1.29, 1.82) is 0 Å². The van der Waals surface area contributed by atoms with Crippen molar-refractivity contribution in [3.63, 3.8) is 0 Å². The lowest BCUT2D eigenvalue weighted by atomic mass is 10.1. The van der Waals surface area contributed by atoms with Crippen LogP contribution in [0.1, 0.15) is 15.9 Å². The van der Waals surface area contributed by atoms with Gasteiger partial charge in [0, 0.05) is 11.1 Å². The van der Waals surface area contributed by atoms with Crippen LogP contribution in [0.2, 0.25) is 0 Å². The molecule has 0 saturated carbocycles. The van der Waals surface area contributed by atoms with Crippen LogP contribution in [0.25, 0.3) is 5.76 Å². The summed E-state index contributed by atoms with van der Waals surface area (Å²) in [5.74, 6) is -3.15. The Balaban J connectivity index is 2.31. The standard InChI is InChI=1S/C12H9NO5/c14-8(15)5-13-12(18)9-10(16)6-3-1-2-4-7(6)11(9)17/h1-4,16H,5H2,(H,13,18)(H,14,15). The number of Topliss-reactive ketones (excluding diaryl/α,β-unsaturated/α-hetero) is 1. The Morgan fingerprint density at radius 2 is 1.78 bits per heavy atom. The minimum Gasteiger partial charge on any atom is -0.506 e. The van der Waals surface area contributed by atoms with Gasteiger partial charge >= 0.3 is 5.97 Å². The fraction of sp³-hybridized carbons (Fsp3) is 0.0833. The molecular weight excluding hydrogens is 238 g/mol. The molecule has 6 nitrogen and oxygen atoms in total. The molecular formula is C12H9NO5. The average Bonchev–Trinajstić information content (AvgIpc) is 2.60. The number of carbonyl (C=O) groups excluding carboxylic acids is 2. The third kappa shape index (κ3) is 1.84. The molecule has 3 N–H and O–H groups in total. The number of carboxylic acid groups (broad SMARTS) is 1. The number of fused-ring (bicyclic) bond motifs is 1. The number of hydrogen-bond donors (Lipinski definition) is 3. The Bertz CT molecular complexity index is 588. The molecule has 1 aromatic rings. The third-order valence-corrected chi connectivity index (χ3v) is 2.52. The van der Waals surface area contributed by atoms with E-state index in [2.05, 4.69) is 0 Å². The van der Waals surface area contributed by atoms with Gasteiger partial charge in [-0.1, -0.05) is 24.3 Å². The van der Waals surface area contributed by atoms with Gasteiger partial charge in [-0.3, -0.25) is 14.4 Å². The quantitative estimate of drug-likeness (QED) is 0.669. The molecule has 0 heterocycles. The molecule has 0 unspecified atom stereocenters. The average molecular weight is 247 g/mol. The summed E-state index contributed by atoms with van der Waals surface area (Å²) < 4.78 is 0. The van der Waals surface area contributed by atoms with Gasteiger partial charge in [0.2, 0.25) is 5.78 Å². The van der Waals surface area contributed by atoms with E-state index in [1.165, 1.54) is 12.1 Å². The van der Waals surface area contributed by atoms with Crippen molar-refractivity contribution >= 4 is 23.4 Å². The zero-order chi connectivity index (χ0) is 13.3. The predicted molar refractivity (Wildman–Crippen MR) is 61.0 cm³/mol. The van der Waals surface area contributed by atoms with Gasteiger partial charge in [-0.2, -0.15) is 0 Å². The van der Waals surface area contributed by atoms with Crippen LogP contribution in [0.3, 0.4) is 0 Å².